The zero-order valence-electron chi connectivity index (χ0n) is 22.4. The molecule has 2 aliphatic rings. The molecule has 3 rings (SSSR count). The average Bonchev–Trinajstić information content (AvgIpc) is 3.43. The van der Waals surface area contributed by atoms with Crippen molar-refractivity contribution in [2.24, 2.45) is 17.8 Å². The summed E-state index contributed by atoms with van der Waals surface area (Å²) in [6, 6.07) is 7.12. The molecule has 0 amide bonds. The molecule has 1 aliphatic carbocycles. The Labute approximate surface area is 207 Å². The van der Waals surface area contributed by atoms with E-state index in [-0.39, 0.29) is 11.6 Å². The highest BCUT2D eigenvalue weighted by Crippen LogP contribution is 2.57. The second-order valence-corrected chi connectivity index (χ2v) is 11.8. The Morgan fingerprint density at radius 3 is 1.97 bits per heavy atom. The number of epoxide rings is 1. The third-order valence-corrected chi connectivity index (χ3v) is 8.20. The van der Waals surface area contributed by atoms with Gasteiger partial charge < -0.3 is 4.74 Å². The van der Waals surface area contributed by atoms with Crippen molar-refractivity contribution in [1.29, 1.82) is 0 Å². The summed E-state index contributed by atoms with van der Waals surface area (Å²) in [6.07, 6.45) is 14.2. The molecule has 4 atom stereocenters. The summed E-state index contributed by atoms with van der Waals surface area (Å²) in [7, 11) is 0. The van der Waals surface area contributed by atoms with Gasteiger partial charge >= 0.3 is 0 Å². The number of fused-ring (bicyclic) bond motifs is 2. The number of ether oxygens (including phenoxy) is 1. The summed E-state index contributed by atoms with van der Waals surface area (Å²) in [6.45, 7) is 13.3. The van der Waals surface area contributed by atoms with Crippen LogP contribution in [-0.4, -0.2) is 22.8 Å². The molecule has 0 saturated carbocycles. The predicted molar refractivity (Wildman–Crippen MR) is 140 cm³/mol. The number of carbonyl (C=O) groups is 2. The molecule has 1 aliphatic heterocycles. The van der Waals surface area contributed by atoms with Crippen LogP contribution in [0.15, 0.2) is 35.9 Å². The van der Waals surface area contributed by atoms with Crippen molar-refractivity contribution in [1.82, 2.24) is 0 Å². The molecule has 188 valence electrons. The van der Waals surface area contributed by atoms with E-state index in [1.165, 1.54) is 56.9 Å². The van der Waals surface area contributed by atoms with Crippen LogP contribution in [0, 0.1) is 17.8 Å². The fourth-order valence-corrected chi connectivity index (χ4v) is 5.63. The van der Waals surface area contributed by atoms with Crippen molar-refractivity contribution in [3.63, 3.8) is 0 Å². The number of hydrogen-bond acceptors (Lipinski definition) is 3. The fraction of sp³-hybridized carbons (Fsp3) is 0.677. The largest absolute Gasteiger partial charge is 0.345 e. The smallest absolute Gasteiger partial charge is 0.199 e. The van der Waals surface area contributed by atoms with Crippen LogP contribution in [0.25, 0.3) is 0 Å². The first kappa shape index (κ1) is 26.9. The zero-order valence-corrected chi connectivity index (χ0v) is 22.4. The third-order valence-electron chi connectivity index (χ3n) is 8.20. The Hall–Kier alpha value is -1.74. The van der Waals surface area contributed by atoms with E-state index in [9.17, 15) is 9.59 Å². The molecule has 1 aromatic carbocycles. The summed E-state index contributed by atoms with van der Waals surface area (Å²) in [5.74, 6) is 2.34. The minimum atomic E-state index is -1.00. The van der Waals surface area contributed by atoms with E-state index >= 15 is 0 Å². The molecule has 34 heavy (non-hydrogen) atoms. The lowest BCUT2D eigenvalue weighted by atomic mass is 9.73. The second-order valence-electron chi connectivity index (χ2n) is 11.8. The Balaban J connectivity index is 1.39. The quantitative estimate of drug-likeness (QED) is 0.204. The van der Waals surface area contributed by atoms with Gasteiger partial charge in [-0.3, -0.25) is 9.59 Å². The monoisotopic (exact) mass is 466 g/mol. The van der Waals surface area contributed by atoms with Crippen LogP contribution < -0.4 is 0 Å². The van der Waals surface area contributed by atoms with Crippen molar-refractivity contribution in [3.05, 3.63) is 47.0 Å². The van der Waals surface area contributed by atoms with Gasteiger partial charge in [-0.1, -0.05) is 109 Å². The number of ketones is 2. The van der Waals surface area contributed by atoms with Gasteiger partial charge in [0.25, 0.3) is 0 Å². The van der Waals surface area contributed by atoms with E-state index < -0.39 is 11.2 Å². The van der Waals surface area contributed by atoms with Crippen LogP contribution >= 0.6 is 0 Å². The molecule has 1 saturated heterocycles. The van der Waals surface area contributed by atoms with Gasteiger partial charge in [-0.15, -0.1) is 0 Å². The first-order chi connectivity index (χ1) is 16.1. The highest BCUT2D eigenvalue weighted by atomic mass is 16.6. The molecule has 0 bridgehead atoms. The van der Waals surface area contributed by atoms with Crippen LogP contribution in [0.5, 0.6) is 0 Å². The highest BCUT2D eigenvalue weighted by Gasteiger charge is 2.77. The van der Waals surface area contributed by atoms with E-state index in [0.29, 0.717) is 17.5 Å². The number of benzene rings is 1. The molecule has 0 N–H and O–H groups in total. The topological polar surface area (TPSA) is 46.7 Å². The average molecular weight is 467 g/mol. The summed E-state index contributed by atoms with van der Waals surface area (Å²) in [5.41, 5.74) is 0.297. The third kappa shape index (κ3) is 5.90. The van der Waals surface area contributed by atoms with Crippen LogP contribution in [0.2, 0.25) is 0 Å². The lowest BCUT2D eigenvalue weighted by molar-refractivity contribution is 0.0847. The lowest BCUT2D eigenvalue weighted by Gasteiger charge is -2.22. The highest BCUT2D eigenvalue weighted by molar-refractivity contribution is 6.25. The number of Topliss-reactive ketones (excluding diaryl/α,β-unsaturated/α-hetero) is 2. The maximum atomic E-state index is 13.2. The number of hydrogen-bond donors (Lipinski definition) is 0. The first-order valence-corrected chi connectivity index (χ1v) is 13.6. The molecular weight excluding hydrogens is 420 g/mol. The van der Waals surface area contributed by atoms with Crippen molar-refractivity contribution in [2.75, 3.05) is 0 Å². The Bertz CT molecular complexity index is 898. The maximum absolute atomic E-state index is 13.2. The summed E-state index contributed by atoms with van der Waals surface area (Å²) in [5, 5.41) is 0. The fourth-order valence-electron chi connectivity index (χ4n) is 5.63. The first-order valence-electron chi connectivity index (χ1n) is 13.6. The standard InChI is InChI=1S/C31H46O3/c1-22(2)12-9-13-23(3)14-10-15-24(4)16-11-17-25(5)20-21-31-29(33)27-19-8-7-18-26(27)28(32)30(31,6)34-31/h7-8,18-20,22-24H,9-17,21H2,1-6H3/t23-,24-,30-,31+/m1/s1. The van der Waals surface area contributed by atoms with Crippen molar-refractivity contribution >= 4 is 11.6 Å². The van der Waals surface area contributed by atoms with Crippen molar-refractivity contribution < 1.29 is 14.3 Å². The van der Waals surface area contributed by atoms with Crippen LogP contribution in [0.4, 0.5) is 0 Å². The molecule has 3 heteroatoms. The van der Waals surface area contributed by atoms with E-state index in [1.807, 2.05) is 12.1 Å². The summed E-state index contributed by atoms with van der Waals surface area (Å²) >= 11 is 0. The molecule has 0 radical (unpaired) electrons. The van der Waals surface area contributed by atoms with Gasteiger partial charge in [0.15, 0.2) is 22.8 Å². The number of allylic oxidation sites excluding steroid dienone is 1. The lowest BCUT2D eigenvalue weighted by Crippen LogP contribution is -2.43. The van der Waals surface area contributed by atoms with Gasteiger partial charge in [0, 0.05) is 17.5 Å². The van der Waals surface area contributed by atoms with Gasteiger partial charge in [-0.05, 0) is 44.4 Å². The predicted octanol–water partition coefficient (Wildman–Crippen LogP) is 8.37. The number of carbonyl (C=O) groups excluding carboxylic acids is 2. The molecule has 1 heterocycles. The Morgan fingerprint density at radius 1 is 0.853 bits per heavy atom. The molecular formula is C31H46O3. The molecule has 0 unspecified atom stereocenters. The normalized spacial score (nSPS) is 25.8. The van der Waals surface area contributed by atoms with Gasteiger partial charge in [0.1, 0.15) is 0 Å². The molecule has 1 aromatic rings. The minimum Gasteiger partial charge on any atom is -0.345 e. The Morgan fingerprint density at radius 2 is 1.38 bits per heavy atom. The van der Waals surface area contributed by atoms with Crippen molar-refractivity contribution in [2.45, 2.75) is 117 Å². The summed E-state index contributed by atoms with van der Waals surface area (Å²) < 4.78 is 5.91. The minimum absolute atomic E-state index is 0.0405. The van der Waals surface area contributed by atoms with E-state index in [4.69, 9.17) is 4.74 Å². The zero-order chi connectivity index (χ0) is 24.9. The van der Waals surface area contributed by atoms with Crippen LogP contribution in [0.1, 0.15) is 126 Å². The van der Waals surface area contributed by atoms with Gasteiger partial charge in [-0.2, -0.15) is 0 Å². The Kier molecular flexibility index (Phi) is 8.95. The SMILES string of the molecule is CC(=CC[C@@]12O[C@]1(C)C(=O)c1ccccc1C2=O)CCC[C@H](C)CCC[C@H](C)CCCC(C)C. The second kappa shape index (κ2) is 11.3. The molecule has 0 spiro atoms. The number of rotatable bonds is 14. The molecule has 3 nitrogen and oxygen atoms in total. The maximum Gasteiger partial charge on any atom is 0.199 e. The van der Waals surface area contributed by atoms with Gasteiger partial charge in [0.2, 0.25) is 0 Å². The van der Waals surface area contributed by atoms with Crippen molar-refractivity contribution in [3.8, 4) is 0 Å². The van der Waals surface area contributed by atoms with E-state index in [0.717, 1.165) is 24.2 Å². The van der Waals surface area contributed by atoms with Crippen LogP contribution in [0.3, 0.4) is 0 Å². The van der Waals surface area contributed by atoms with Gasteiger partial charge in [0.05, 0.1) is 0 Å². The molecule has 0 aromatic heterocycles. The van der Waals surface area contributed by atoms with Crippen LogP contribution in [-0.2, 0) is 4.74 Å². The van der Waals surface area contributed by atoms with E-state index in [1.54, 1.807) is 19.1 Å². The van der Waals surface area contributed by atoms with Gasteiger partial charge in [-0.25, -0.2) is 0 Å². The summed E-state index contributed by atoms with van der Waals surface area (Å²) in [4.78, 5) is 26.1. The molecule has 1 fully saturated rings. The van der Waals surface area contributed by atoms with E-state index in [2.05, 4.69) is 40.7 Å².